The molecule has 3 rings (SSSR count). The first-order valence-corrected chi connectivity index (χ1v) is 7.34. The fourth-order valence-electron chi connectivity index (χ4n) is 2.77. The second-order valence-electron chi connectivity index (χ2n) is 5.45. The molecular formula is C16H21N3O. The largest absolute Gasteiger partial charge is 0.326 e. The molecule has 1 fully saturated rings. The van der Waals surface area contributed by atoms with Crippen molar-refractivity contribution < 1.29 is 4.79 Å². The van der Waals surface area contributed by atoms with Crippen molar-refractivity contribution in [3.63, 3.8) is 0 Å². The molecule has 1 aromatic carbocycles. The number of hydrogen-bond acceptors (Lipinski definition) is 3. The van der Waals surface area contributed by atoms with Crippen molar-refractivity contribution in [2.45, 2.75) is 12.8 Å². The molecule has 1 saturated heterocycles. The predicted octanol–water partition coefficient (Wildman–Crippen LogP) is 1.49. The minimum Gasteiger partial charge on any atom is -0.326 e. The van der Waals surface area contributed by atoms with Crippen LogP contribution in [0, 0.1) is 0 Å². The lowest BCUT2D eigenvalue weighted by Crippen LogP contribution is -2.28. The number of nitrogens with one attached hydrogen (secondary N) is 2. The summed E-state index contributed by atoms with van der Waals surface area (Å²) in [5.74, 6) is 0.0956. The molecule has 0 unspecified atom stereocenters. The molecule has 4 nitrogen and oxygen atoms in total. The monoisotopic (exact) mass is 271 g/mol. The lowest BCUT2D eigenvalue weighted by atomic mass is 10.1. The van der Waals surface area contributed by atoms with E-state index in [4.69, 9.17) is 0 Å². The molecule has 1 amide bonds. The van der Waals surface area contributed by atoms with Crippen LogP contribution in [0.1, 0.15) is 17.5 Å². The first-order chi connectivity index (χ1) is 9.81. The molecule has 4 heteroatoms. The Bertz CT molecular complexity index is 516. The van der Waals surface area contributed by atoms with Crippen LogP contribution in [0.3, 0.4) is 0 Å². The van der Waals surface area contributed by atoms with E-state index in [0.29, 0.717) is 6.42 Å². The van der Waals surface area contributed by atoms with Crippen molar-refractivity contribution in [3.05, 3.63) is 35.4 Å². The molecule has 0 bridgehead atoms. The second-order valence-corrected chi connectivity index (χ2v) is 5.45. The third-order valence-corrected chi connectivity index (χ3v) is 3.86. The zero-order valence-electron chi connectivity index (χ0n) is 11.7. The van der Waals surface area contributed by atoms with E-state index < -0.39 is 0 Å². The number of hydrogen-bond donors (Lipinski definition) is 2. The normalized spacial score (nSPS) is 19.9. The number of carbonyl (C=O) groups is 1. The van der Waals surface area contributed by atoms with E-state index in [-0.39, 0.29) is 5.91 Å². The molecule has 0 radical (unpaired) electrons. The minimum absolute atomic E-state index is 0.0956. The average Bonchev–Trinajstić information content (AvgIpc) is 2.63. The van der Waals surface area contributed by atoms with Crippen LogP contribution >= 0.6 is 0 Å². The quantitative estimate of drug-likeness (QED) is 0.875. The van der Waals surface area contributed by atoms with Gasteiger partial charge in [-0.3, -0.25) is 9.69 Å². The molecule has 106 valence electrons. The Hall–Kier alpha value is -1.65. The van der Waals surface area contributed by atoms with Gasteiger partial charge in [0.2, 0.25) is 5.91 Å². The summed E-state index contributed by atoms with van der Waals surface area (Å²) in [5, 5.41) is 6.27. The first kappa shape index (κ1) is 13.3. The summed E-state index contributed by atoms with van der Waals surface area (Å²) in [6, 6.07) is 6.16. The maximum atomic E-state index is 11.3. The van der Waals surface area contributed by atoms with E-state index in [1.165, 1.54) is 18.5 Å². The number of benzene rings is 1. The molecule has 0 atom stereocenters. The van der Waals surface area contributed by atoms with Crippen molar-refractivity contribution in [2.24, 2.45) is 0 Å². The summed E-state index contributed by atoms with van der Waals surface area (Å²) in [5.41, 5.74) is 3.25. The van der Waals surface area contributed by atoms with Gasteiger partial charge in [-0.25, -0.2) is 0 Å². The number of nitrogens with zero attached hydrogens (tertiary/aromatic N) is 1. The fourth-order valence-corrected chi connectivity index (χ4v) is 2.77. The molecule has 0 saturated carbocycles. The van der Waals surface area contributed by atoms with Crippen molar-refractivity contribution in [3.8, 4) is 0 Å². The van der Waals surface area contributed by atoms with E-state index in [1.807, 2.05) is 6.07 Å². The zero-order chi connectivity index (χ0) is 13.8. The highest BCUT2D eigenvalue weighted by Crippen LogP contribution is 2.24. The topological polar surface area (TPSA) is 44.4 Å². The molecule has 1 aromatic rings. The number of rotatable bonds is 3. The maximum Gasteiger partial charge on any atom is 0.228 e. The molecule has 2 aliphatic heterocycles. The number of carbonyl (C=O) groups excluding carboxylic acids is 1. The van der Waals surface area contributed by atoms with Crippen LogP contribution < -0.4 is 10.6 Å². The molecule has 0 aromatic heterocycles. The van der Waals surface area contributed by atoms with Crippen LogP contribution in [0.5, 0.6) is 0 Å². The Morgan fingerprint density at radius 2 is 2.20 bits per heavy atom. The first-order valence-electron chi connectivity index (χ1n) is 7.34. The van der Waals surface area contributed by atoms with Gasteiger partial charge in [0.25, 0.3) is 0 Å². The van der Waals surface area contributed by atoms with Gasteiger partial charge in [-0.2, -0.15) is 0 Å². The summed E-state index contributed by atoms with van der Waals surface area (Å²) in [6.45, 7) is 5.50. The van der Waals surface area contributed by atoms with Crippen molar-refractivity contribution in [2.75, 3.05) is 38.0 Å². The van der Waals surface area contributed by atoms with E-state index in [2.05, 4.69) is 39.8 Å². The summed E-state index contributed by atoms with van der Waals surface area (Å²) >= 11 is 0. The van der Waals surface area contributed by atoms with Gasteiger partial charge in [-0.1, -0.05) is 18.2 Å². The molecule has 20 heavy (non-hydrogen) atoms. The lowest BCUT2D eigenvalue weighted by molar-refractivity contribution is -0.115. The van der Waals surface area contributed by atoms with Gasteiger partial charge in [-0.05, 0) is 42.8 Å². The highest BCUT2D eigenvalue weighted by molar-refractivity contribution is 5.99. The Kier molecular flexibility index (Phi) is 4.14. The summed E-state index contributed by atoms with van der Waals surface area (Å²) in [6.07, 6.45) is 6.11. The van der Waals surface area contributed by atoms with Gasteiger partial charge in [0, 0.05) is 25.3 Å². The third kappa shape index (κ3) is 3.26. The molecule has 0 aliphatic carbocycles. The SMILES string of the molecule is O=C1Cc2cc(/C=C/CN3CCCNCC3)ccc2N1. The Balaban J connectivity index is 1.59. The van der Waals surface area contributed by atoms with Crippen LogP contribution in [-0.4, -0.2) is 43.5 Å². The Morgan fingerprint density at radius 1 is 1.25 bits per heavy atom. The molecule has 2 aliphatic rings. The predicted molar refractivity (Wildman–Crippen MR) is 81.7 cm³/mol. The number of amides is 1. The average molecular weight is 271 g/mol. The van der Waals surface area contributed by atoms with Gasteiger partial charge in [-0.15, -0.1) is 0 Å². The fraction of sp³-hybridized carbons (Fsp3) is 0.438. The lowest BCUT2D eigenvalue weighted by Gasteiger charge is -2.16. The highest BCUT2D eigenvalue weighted by atomic mass is 16.1. The van der Waals surface area contributed by atoms with Gasteiger partial charge >= 0.3 is 0 Å². The summed E-state index contributed by atoms with van der Waals surface area (Å²) in [4.78, 5) is 13.8. The Morgan fingerprint density at radius 3 is 3.15 bits per heavy atom. The zero-order valence-corrected chi connectivity index (χ0v) is 11.7. The number of fused-ring (bicyclic) bond motifs is 1. The highest BCUT2D eigenvalue weighted by Gasteiger charge is 2.16. The summed E-state index contributed by atoms with van der Waals surface area (Å²) in [7, 11) is 0. The standard InChI is InChI=1S/C16H21N3O/c20-16-12-14-11-13(4-5-15(14)18-16)3-1-8-19-9-2-6-17-7-10-19/h1,3-5,11,17H,2,6-10,12H2,(H,18,20)/b3-1+. The molecule has 2 heterocycles. The van der Waals surface area contributed by atoms with Crippen molar-refractivity contribution in [1.29, 1.82) is 0 Å². The van der Waals surface area contributed by atoms with Gasteiger partial charge < -0.3 is 10.6 Å². The second kappa shape index (κ2) is 6.20. The Labute approximate surface area is 119 Å². The van der Waals surface area contributed by atoms with Crippen LogP contribution in [0.25, 0.3) is 6.08 Å². The van der Waals surface area contributed by atoms with Crippen molar-refractivity contribution in [1.82, 2.24) is 10.2 Å². The third-order valence-electron chi connectivity index (χ3n) is 3.86. The van der Waals surface area contributed by atoms with Crippen molar-refractivity contribution >= 4 is 17.7 Å². The van der Waals surface area contributed by atoms with E-state index >= 15 is 0 Å². The van der Waals surface area contributed by atoms with Crippen LogP contribution in [0.15, 0.2) is 24.3 Å². The van der Waals surface area contributed by atoms with Crippen LogP contribution in [-0.2, 0) is 11.2 Å². The van der Waals surface area contributed by atoms with E-state index in [9.17, 15) is 4.79 Å². The van der Waals surface area contributed by atoms with Gasteiger partial charge in [0.05, 0.1) is 6.42 Å². The van der Waals surface area contributed by atoms with Gasteiger partial charge in [0.15, 0.2) is 0 Å². The minimum atomic E-state index is 0.0956. The smallest absolute Gasteiger partial charge is 0.228 e. The van der Waals surface area contributed by atoms with E-state index in [1.54, 1.807) is 0 Å². The van der Waals surface area contributed by atoms with Gasteiger partial charge in [0.1, 0.15) is 0 Å². The summed E-state index contributed by atoms with van der Waals surface area (Å²) < 4.78 is 0. The maximum absolute atomic E-state index is 11.3. The van der Waals surface area contributed by atoms with E-state index in [0.717, 1.165) is 37.4 Å². The van der Waals surface area contributed by atoms with Crippen LogP contribution in [0.4, 0.5) is 5.69 Å². The number of anilines is 1. The van der Waals surface area contributed by atoms with Crippen LogP contribution in [0.2, 0.25) is 0 Å². The molecular weight excluding hydrogens is 250 g/mol. The molecule has 0 spiro atoms. The molecule has 2 N–H and O–H groups in total.